The standard InChI is InChI=1S/C27H30N4O3/c1-19-6-7-23(15-25(19)29-17-21-5-4-12-28-16-21)27(33)31-14-13-30(20(2)32)18-26(31)22-8-10-24(34-3)11-9-22/h4-12,15-16,26,29H,13-14,17-18H2,1-3H3/t26-/m1/s1. The van der Waals surface area contributed by atoms with Gasteiger partial charge in [0.05, 0.1) is 13.2 Å². The fourth-order valence-corrected chi connectivity index (χ4v) is 4.23. The number of anilines is 1. The van der Waals surface area contributed by atoms with Crippen LogP contribution in [0, 0.1) is 6.92 Å². The second-order valence-corrected chi connectivity index (χ2v) is 8.50. The summed E-state index contributed by atoms with van der Waals surface area (Å²) in [6, 6.07) is 17.1. The predicted molar refractivity (Wildman–Crippen MR) is 132 cm³/mol. The fraction of sp³-hybridized carbons (Fsp3) is 0.296. The number of ether oxygens (including phenoxy) is 1. The highest BCUT2D eigenvalue weighted by Crippen LogP contribution is 2.29. The summed E-state index contributed by atoms with van der Waals surface area (Å²) in [6.45, 7) is 5.67. The topological polar surface area (TPSA) is 74.8 Å². The maximum absolute atomic E-state index is 13.7. The van der Waals surface area contributed by atoms with E-state index in [1.807, 2.05) is 72.6 Å². The van der Waals surface area contributed by atoms with Gasteiger partial charge in [-0.2, -0.15) is 0 Å². The average molecular weight is 459 g/mol. The molecule has 0 spiro atoms. The zero-order chi connectivity index (χ0) is 24.1. The number of amides is 2. The Kier molecular flexibility index (Phi) is 7.11. The lowest BCUT2D eigenvalue weighted by Crippen LogP contribution is -2.51. The van der Waals surface area contributed by atoms with Gasteiger partial charge in [-0.25, -0.2) is 0 Å². The second-order valence-electron chi connectivity index (χ2n) is 8.50. The number of pyridine rings is 1. The van der Waals surface area contributed by atoms with Gasteiger partial charge >= 0.3 is 0 Å². The van der Waals surface area contributed by atoms with E-state index in [0.29, 0.717) is 31.7 Å². The Labute approximate surface area is 200 Å². The highest BCUT2D eigenvalue weighted by molar-refractivity contribution is 5.96. The highest BCUT2D eigenvalue weighted by Gasteiger charge is 2.33. The van der Waals surface area contributed by atoms with Crippen LogP contribution in [-0.2, 0) is 11.3 Å². The summed E-state index contributed by atoms with van der Waals surface area (Å²) in [5.41, 5.74) is 4.64. The van der Waals surface area contributed by atoms with E-state index in [1.54, 1.807) is 25.1 Å². The van der Waals surface area contributed by atoms with E-state index in [2.05, 4.69) is 10.3 Å². The molecular weight excluding hydrogens is 428 g/mol. The molecule has 0 saturated carbocycles. The van der Waals surface area contributed by atoms with Crippen molar-refractivity contribution in [1.82, 2.24) is 14.8 Å². The molecular formula is C27H30N4O3. The molecule has 1 saturated heterocycles. The van der Waals surface area contributed by atoms with E-state index in [0.717, 1.165) is 28.1 Å². The summed E-state index contributed by atoms with van der Waals surface area (Å²) in [7, 11) is 1.63. The predicted octanol–water partition coefficient (Wildman–Crippen LogP) is 4.06. The summed E-state index contributed by atoms with van der Waals surface area (Å²) < 4.78 is 5.28. The van der Waals surface area contributed by atoms with Crippen molar-refractivity contribution >= 4 is 17.5 Å². The molecule has 1 fully saturated rings. The molecule has 1 aliphatic rings. The molecule has 0 unspecified atom stereocenters. The third kappa shape index (κ3) is 5.20. The molecule has 1 aromatic heterocycles. The molecule has 34 heavy (non-hydrogen) atoms. The van der Waals surface area contributed by atoms with Crippen LogP contribution in [0.2, 0.25) is 0 Å². The van der Waals surface area contributed by atoms with Gasteiger partial charge in [-0.05, 0) is 53.9 Å². The summed E-state index contributed by atoms with van der Waals surface area (Å²) >= 11 is 0. The number of aromatic nitrogens is 1. The summed E-state index contributed by atoms with van der Waals surface area (Å²) in [6.07, 6.45) is 3.57. The van der Waals surface area contributed by atoms with E-state index in [1.165, 1.54) is 0 Å². The molecule has 2 heterocycles. The van der Waals surface area contributed by atoms with Crippen molar-refractivity contribution in [1.29, 1.82) is 0 Å². The summed E-state index contributed by atoms with van der Waals surface area (Å²) in [4.78, 5) is 33.6. The first kappa shape index (κ1) is 23.3. The Hall–Kier alpha value is -3.87. The van der Waals surface area contributed by atoms with Crippen LogP contribution in [0.5, 0.6) is 5.75 Å². The van der Waals surface area contributed by atoms with Gasteiger partial charge in [-0.1, -0.05) is 24.3 Å². The number of hydrogen-bond acceptors (Lipinski definition) is 5. The lowest BCUT2D eigenvalue weighted by atomic mass is 10.00. The lowest BCUT2D eigenvalue weighted by Gasteiger charge is -2.41. The molecule has 0 bridgehead atoms. The SMILES string of the molecule is COc1ccc([C@H]2CN(C(C)=O)CCN2C(=O)c2ccc(C)c(NCc3cccnc3)c2)cc1. The van der Waals surface area contributed by atoms with E-state index < -0.39 is 0 Å². The molecule has 0 radical (unpaired) electrons. The minimum absolute atomic E-state index is 0.0165. The number of aryl methyl sites for hydroxylation is 1. The minimum Gasteiger partial charge on any atom is -0.497 e. The molecule has 4 rings (SSSR count). The fourth-order valence-electron chi connectivity index (χ4n) is 4.23. The first-order valence-electron chi connectivity index (χ1n) is 11.4. The number of piperazine rings is 1. The monoisotopic (exact) mass is 458 g/mol. The van der Waals surface area contributed by atoms with E-state index >= 15 is 0 Å². The average Bonchev–Trinajstić information content (AvgIpc) is 2.88. The van der Waals surface area contributed by atoms with Gasteiger partial charge in [-0.15, -0.1) is 0 Å². The van der Waals surface area contributed by atoms with Crippen molar-refractivity contribution in [3.8, 4) is 5.75 Å². The Morgan fingerprint density at radius 3 is 2.59 bits per heavy atom. The molecule has 1 N–H and O–H groups in total. The number of carbonyl (C=O) groups is 2. The number of methoxy groups -OCH3 is 1. The number of nitrogens with zero attached hydrogens (tertiary/aromatic N) is 3. The third-order valence-corrected chi connectivity index (χ3v) is 6.28. The van der Waals surface area contributed by atoms with Gasteiger partial charge in [0.15, 0.2) is 0 Å². The van der Waals surface area contributed by atoms with Crippen LogP contribution in [0.3, 0.4) is 0 Å². The Bertz CT molecular complexity index is 1150. The molecule has 2 amide bonds. The van der Waals surface area contributed by atoms with Crippen LogP contribution in [-0.4, -0.2) is 53.3 Å². The zero-order valence-corrected chi connectivity index (χ0v) is 19.8. The lowest BCUT2D eigenvalue weighted by molar-refractivity contribution is -0.131. The van der Waals surface area contributed by atoms with E-state index in [-0.39, 0.29) is 17.9 Å². The van der Waals surface area contributed by atoms with Crippen molar-refractivity contribution in [2.24, 2.45) is 0 Å². The van der Waals surface area contributed by atoms with Crippen molar-refractivity contribution in [2.45, 2.75) is 26.4 Å². The van der Waals surface area contributed by atoms with Crippen LogP contribution >= 0.6 is 0 Å². The number of hydrogen-bond donors (Lipinski definition) is 1. The van der Waals surface area contributed by atoms with Crippen LogP contribution in [0.15, 0.2) is 67.0 Å². The molecule has 3 aromatic rings. The quantitative estimate of drug-likeness (QED) is 0.603. The summed E-state index contributed by atoms with van der Waals surface area (Å²) in [5.74, 6) is 0.722. The molecule has 7 nitrogen and oxygen atoms in total. The van der Waals surface area contributed by atoms with Crippen LogP contribution in [0.4, 0.5) is 5.69 Å². The number of rotatable bonds is 6. The van der Waals surface area contributed by atoms with Gasteiger partial charge < -0.3 is 19.9 Å². The van der Waals surface area contributed by atoms with Crippen molar-refractivity contribution in [3.05, 3.63) is 89.2 Å². The molecule has 7 heteroatoms. The normalized spacial score (nSPS) is 15.7. The first-order chi connectivity index (χ1) is 16.5. The second kappa shape index (κ2) is 10.4. The largest absolute Gasteiger partial charge is 0.497 e. The minimum atomic E-state index is -0.232. The highest BCUT2D eigenvalue weighted by atomic mass is 16.5. The van der Waals surface area contributed by atoms with Crippen molar-refractivity contribution < 1.29 is 14.3 Å². The Morgan fingerprint density at radius 1 is 1.12 bits per heavy atom. The molecule has 176 valence electrons. The van der Waals surface area contributed by atoms with Gasteiger partial charge in [0.25, 0.3) is 5.91 Å². The molecule has 2 aromatic carbocycles. The summed E-state index contributed by atoms with van der Waals surface area (Å²) in [5, 5.41) is 3.43. The van der Waals surface area contributed by atoms with E-state index in [9.17, 15) is 9.59 Å². The van der Waals surface area contributed by atoms with Crippen molar-refractivity contribution in [2.75, 3.05) is 32.1 Å². The van der Waals surface area contributed by atoms with Crippen LogP contribution in [0.25, 0.3) is 0 Å². The maximum Gasteiger partial charge on any atom is 0.254 e. The van der Waals surface area contributed by atoms with Crippen molar-refractivity contribution in [3.63, 3.8) is 0 Å². The van der Waals surface area contributed by atoms with Crippen LogP contribution < -0.4 is 10.1 Å². The first-order valence-corrected chi connectivity index (χ1v) is 11.4. The van der Waals surface area contributed by atoms with Gasteiger partial charge in [0, 0.05) is 56.7 Å². The Balaban J connectivity index is 1.58. The molecule has 1 atom stereocenters. The van der Waals surface area contributed by atoms with Gasteiger partial charge in [-0.3, -0.25) is 14.6 Å². The number of benzene rings is 2. The maximum atomic E-state index is 13.7. The smallest absolute Gasteiger partial charge is 0.254 e. The zero-order valence-electron chi connectivity index (χ0n) is 19.8. The number of carbonyl (C=O) groups excluding carboxylic acids is 2. The third-order valence-electron chi connectivity index (χ3n) is 6.28. The van der Waals surface area contributed by atoms with E-state index in [4.69, 9.17) is 4.74 Å². The van der Waals surface area contributed by atoms with Gasteiger partial charge in [0.2, 0.25) is 5.91 Å². The molecule has 1 aliphatic heterocycles. The number of nitrogens with one attached hydrogen (secondary N) is 1. The van der Waals surface area contributed by atoms with Crippen LogP contribution in [0.1, 0.15) is 40.0 Å². The Morgan fingerprint density at radius 2 is 1.91 bits per heavy atom. The van der Waals surface area contributed by atoms with Gasteiger partial charge in [0.1, 0.15) is 5.75 Å². The molecule has 0 aliphatic carbocycles.